The molecule has 0 heterocycles. The Morgan fingerprint density at radius 2 is 1.94 bits per heavy atom. The quantitative estimate of drug-likeness (QED) is 0.878. The van der Waals surface area contributed by atoms with E-state index in [-0.39, 0.29) is 16.5 Å². The van der Waals surface area contributed by atoms with Gasteiger partial charge in [-0.1, -0.05) is 31.5 Å². The molecule has 0 aromatic heterocycles. The van der Waals surface area contributed by atoms with E-state index < -0.39 is 17.7 Å². The van der Waals surface area contributed by atoms with E-state index >= 15 is 0 Å². The zero-order chi connectivity index (χ0) is 12.5. The molecule has 1 atom stereocenters. The Labute approximate surface area is 99.0 Å². The van der Waals surface area contributed by atoms with Crippen LogP contribution in [0, 0.1) is 5.82 Å². The average Bonchev–Trinajstić information content (AvgIpc) is 2.20. The van der Waals surface area contributed by atoms with Crippen LogP contribution in [0.3, 0.4) is 0 Å². The van der Waals surface area contributed by atoms with Crippen molar-refractivity contribution >= 4 is 17.6 Å². The van der Waals surface area contributed by atoms with Gasteiger partial charge in [0.05, 0.1) is 10.9 Å². The summed E-state index contributed by atoms with van der Waals surface area (Å²) < 4.78 is 13.7. The van der Waals surface area contributed by atoms with Gasteiger partial charge in [0, 0.05) is 5.56 Å². The van der Waals surface area contributed by atoms with Gasteiger partial charge in [0.1, 0.15) is 5.82 Å². The molecular formula is C12H14ClFO2. The second-order valence-electron chi connectivity index (χ2n) is 4.12. The fraction of sp³-hybridized carbons (Fsp3) is 0.417. The van der Waals surface area contributed by atoms with Crippen molar-refractivity contribution in [1.82, 2.24) is 0 Å². The molecular weight excluding hydrogens is 231 g/mol. The van der Waals surface area contributed by atoms with Crippen molar-refractivity contribution in [2.75, 3.05) is 0 Å². The molecule has 0 radical (unpaired) electrons. The summed E-state index contributed by atoms with van der Waals surface area (Å²) in [5.74, 6) is -2.41. The molecule has 16 heavy (non-hydrogen) atoms. The molecule has 1 aromatic carbocycles. The smallest absolute Gasteiger partial charge is 0.310 e. The molecule has 0 saturated heterocycles. The number of carboxylic acids is 1. The summed E-state index contributed by atoms with van der Waals surface area (Å²) in [6.07, 6.45) is 0. The molecule has 0 amide bonds. The average molecular weight is 245 g/mol. The van der Waals surface area contributed by atoms with Crippen LogP contribution < -0.4 is 0 Å². The minimum absolute atomic E-state index is 0.0192. The summed E-state index contributed by atoms with van der Waals surface area (Å²) in [5, 5.41) is 8.85. The van der Waals surface area contributed by atoms with Crippen molar-refractivity contribution in [3.63, 3.8) is 0 Å². The van der Waals surface area contributed by atoms with Gasteiger partial charge < -0.3 is 5.11 Å². The second-order valence-corrected chi connectivity index (χ2v) is 4.53. The zero-order valence-electron chi connectivity index (χ0n) is 9.42. The number of carboxylic acid groups (broad SMARTS) is 1. The second kappa shape index (κ2) is 4.83. The summed E-state index contributed by atoms with van der Waals surface area (Å²) in [6.45, 7) is 5.33. The lowest BCUT2D eigenvalue weighted by Crippen LogP contribution is -2.10. The predicted molar refractivity (Wildman–Crippen MR) is 61.5 cm³/mol. The highest BCUT2D eigenvalue weighted by Crippen LogP contribution is 2.29. The predicted octanol–water partition coefficient (Wildman–Crippen LogP) is 3.79. The van der Waals surface area contributed by atoms with Crippen LogP contribution in [0.15, 0.2) is 12.1 Å². The third kappa shape index (κ3) is 2.53. The van der Waals surface area contributed by atoms with Gasteiger partial charge >= 0.3 is 5.97 Å². The molecule has 0 spiro atoms. The Morgan fingerprint density at radius 1 is 1.38 bits per heavy atom. The van der Waals surface area contributed by atoms with E-state index in [4.69, 9.17) is 16.7 Å². The molecule has 1 aromatic rings. The van der Waals surface area contributed by atoms with E-state index in [0.29, 0.717) is 0 Å². The lowest BCUT2D eigenvalue weighted by molar-refractivity contribution is -0.138. The lowest BCUT2D eigenvalue weighted by Gasteiger charge is -2.13. The maximum absolute atomic E-state index is 13.7. The van der Waals surface area contributed by atoms with E-state index in [2.05, 4.69) is 0 Å². The molecule has 1 rings (SSSR count). The lowest BCUT2D eigenvalue weighted by atomic mass is 9.94. The molecule has 88 valence electrons. The van der Waals surface area contributed by atoms with Crippen molar-refractivity contribution in [3.8, 4) is 0 Å². The van der Waals surface area contributed by atoms with Gasteiger partial charge in [-0.25, -0.2) is 4.39 Å². The van der Waals surface area contributed by atoms with Crippen molar-refractivity contribution < 1.29 is 14.3 Å². The van der Waals surface area contributed by atoms with Crippen molar-refractivity contribution in [1.29, 1.82) is 0 Å². The highest BCUT2D eigenvalue weighted by Gasteiger charge is 2.21. The molecule has 1 unspecified atom stereocenters. The van der Waals surface area contributed by atoms with E-state index in [1.165, 1.54) is 6.92 Å². The van der Waals surface area contributed by atoms with Gasteiger partial charge in [0.15, 0.2) is 0 Å². The molecule has 0 fully saturated rings. The van der Waals surface area contributed by atoms with Gasteiger partial charge in [-0.3, -0.25) is 4.79 Å². The maximum Gasteiger partial charge on any atom is 0.310 e. The zero-order valence-corrected chi connectivity index (χ0v) is 10.2. The molecule has 0 aliphatic heterocycles. The van der Waals surface area contributed by atoms with Gasteiger partial charge in [0.2, 0.25) is 0 Å². The van der Waals surface area contributed by atoms with Gasteiger partial charge in [-0.05, 0) is 24.5 Å². The van der Waals surface area contributed by atoms with Crippen LogP contribution in [0.1, 0.15) is 43.7 Å². The number of aliphatic carboxylic acids is 1. The molecule has 0 aliphatic carbocycles. The van der Waals surface area contributed by atoms with Crippen LogP contribution in [-0.2, 0) is 4.79 Å². The van der Waals surface area contributed by atoms with E-state index in [9.17, 15) is 9.18 Å². The maximum atomic E-state index is 13.7. The Kier molecular flexibility index (Phi) is 3.92. The molecule has 4 heteroatoms. The minimum atomic E-state index is -1.06. The number of halogens is 2. The van der Waals surface area contributed by atoms with Crippen LogP contribution >= 0.6 is 11.6 Å². The first-order valence-corrected chi connectivity index (χ1v) is 5.44. The first-order chi connectivity index (χ1) is 7.34. The van der Waals surface area contributed by atoms with Crippen molar-refractivity contribution in [2.45, 2.75) is 32.6 Å². The summed E-state index contributed by atoms with van der Waals surface area (Å²) in [4.78, 5) is 10.8. The number of hydrogen-bond donors (Lipinski definition) is 1. The Morgan fingerprint density at radius 3 is 2.38 bits per heavy atom. The SMILES string of the molecule is CC(C)c1cc(Cl)c(F)c(C(C)C(=O)O)c1. The fourth-order valence-corrected chi connectivity index (χ4v) is 1.65. The van der Waals surface area contributed by atoms with Crippen LogP contribution in [0.5, 0.6) is 0 Å². The van der Waals surface area contributed by atoms with Crippen LogP contribution in [0.4, 0.5) is 4.39 Å². The standard InChI is InChI=1S/C12H14ClFO2/c1-6(2)8-4-9(7(3)12(15)16)11(14)10(13)5-8/h4-7H,1-3H3,(H,15,16). The molecule has 0 bridgehead atoms. The Bertz CT molecular complexity index is 416. The topological polar surface area (TPSA) is 37.3 Å². The van der Waals surface area contributed by atoms with Crippen LogP contribution in [0.2, 0.25) is 5.02 Å². The van der Waals surface area contributed by atoms with E-state index in [0.717, 1.165) is 5.56 Å². The summed E-state index contributed by atoms with van der Waals surface area (Å²) in [5.41, 5.74) is 0.984. The Hall–Kier alpha value is -1.09. The van der Waals surface area contributed by atoms with Crippen molar-refractivity contribution in [3.05, 3.63) is 34.1 Å². The third-order valence-corrected chi connectivity index (χ3v) is 2.86. The number of carbonyl (C=O) groups is 1. The molecule has 1 N–H and O–H groups in total. The Balaban J connectivity index is 3.32. The van der Waals surface area contributed by atoms with E-state index in [1.54, 1.807) is 12.1 Å². The van der Waals surface area contributed by atoms with Gasteiger partial charge in [-0.2, -0.15) is 0 Å². The van der Waals surface area contributed by atoms with E-state index in [1.807, 2.05) is 13.8 Å². The normalized spacial score (nSPS) is 12.9. The third-order valence-electron chi connectivity index (χ3n) is 2.58. The number of benzene rings is 1. The number of hydrogen-bond acceptors (Lipinski definition) is 1. The fourth-order valence-electron chi connectivity index (χ4n) is 1.41. The monoisotopic (exact) mass is 244 g/mol. The summed E-state index contributed by atoms with van der Waals surface area (Å²) in [6, 6.07) is 3.12. The first kappa shape index (κ1) is 13.0. The molecule has 0 aliphatic rings. The van der Waals surface area contributed by atoms with Gasteiger partial charge in [-0.15, -0.1) is 0 Å². The van der Waals surface area contributed by atoms with Crippen LogP contribution in [0.25, 0.3) is 0 Å². The van der Waals surface area contributed by atoms with Crippen molar-refractivity contribution in [2.24, 2.45) is 0 Å². The highest BCUT2D eigenvalue weighted by atomic mass is 35.5. The first-order valence-electron chi connectivity index (χ1n) is 5.06. The van der Waals surface area contributed by atoms with Gasteiger partial charge in [0.25, 0.3) is 0 Å². The molecule has 2 nitrogen and oxygen atoms in total. The minimum Gasteiger partial charge on any atom is -0.481 e. The summed E-state index contributed by atoms with van der Waals surface area (Å²) >= 11 is 5.74. The largest absolute Gasteiger partial charge is 0.481 e. The highest BCUT2D eigenvalue weighted by molar-refractivity contribution is 6.30. The number of rotatable bonds is 3. The molecule has 0 saturated carbocycles. The summed E-state index contributed by atoms with van der Waals surface area (Å²) in [7, 11) is 0. The van der Waals surface area contributed by atoms with Crippen LogP contribution in [-0.4, -0.2) is 11.1 Å².